The lowest BCUT2D eigenvalue weighted by Gasteiger charge is -2.35. The Bertz CT molecular complexity index is 1040. The Labute approximate surface area is 181 Å². The minimum Gasteiger partial charge on any atom is -0.431 e. The molecule has 0 unspecified atom stereocenters. The summed E-state index contributed by atoms with van der Waals surface area (Å²) in [7, 11) is 2.00. The lowest BCUT2D eigenvalue weighted by Crippen LogP contribution is -2.44. The summed E-state index contributed by atoms with van der Waals surface area (Å²) in [6.45, 7) is 2.93. The van der Waals surface area contributed by atoms with Crippen molar-refractivity contribution >= 4 is 40.1 Å². The van der Waals surface area contributed by atoms with Gasteiger partial charge in [-0.1, -0.05) is 23.9 Å². The monoisotopic (exact) mass is 450 g/mol. The Balaban J connectivity index is 1.49. The van der Waals surface area contributed by atoms with E-state index in [-0.39, 0.29) is 11.4 Å². The summed E-state index contributed by atoms with van der Waals surface area (Å²) >= 11 is 1.09. The van der Waals surface area contributed by atoms with E-state index in [1.54, 1.807) is 12.1 Å². The number of carbonyl (C=O) groups excluding carboxylic acids is 1. The van der Waals surface area contributed by atoms with E-state index >= 15 is 0 Å². The molecule has 6 nitrogen and oxygen atoms in total. The summed E-state index contributed by atoms with van der Waals surface area (Å²) < 4.78 is 45.3. The van der Waals surface area contributed by atoms with Gasteiger partial charge in [-0.25, -0.2) is 4.98 Å². The van der Waals surface area contributed by atoms with Gasteiger partial charge in [-0.15, -0.1) is 0 Å². The molecule has 1 aromatic heterocycles. The Hall–Kier alpha value is -2.72. The number of fused-ring (bicyclic) bond motifs is 1. The zero-order valence-electron chi connectivity index (χ0n) is 16.8. The lowest BCUT2D eigenvalue weighted by molar-refractivity contribution is -0.137. The average molecular weight is 450 g/mol. The molecular formula is C21H21F3N4O2S. The van der Waals surface area contributed by atoms with Gasteiger partial charge < -0.3 is 19.5 Å². The summed E-state index contributed by atoms with van der Waals surface area (Å²) in [5.41, 5.74) is 1.23. The van der Waals surface area contributed by atoms with Crippen molar-refractivity contribution < 1.29 is 22.4 Å². The van der Waals surface area contributed by atoms with E-state index in [9.17, 15) is 18.0 Å². The molecule has 0 aliphatic carbocycles. The van der Waals surface area contributed by atoms with Crippen LogP contribution in [0.25, 0.3) is 11.1 Å². The maximum Gasteiger partial charge on any atom is 0.416 e. The van der Waals surface area contributed by atoms with Crippen molar-refractivity contribution in [3.63, 3.8) is 0 Å². The first kappa shape index (κ1) is 21.5. The van der Waals surface area contributed by atoms with Crippen LogP contribution in [0.2, 0.25) is 0 Å². The largest absolute Gasteiger partial charge is 0.431 e. The van der Waals surface area contributed by atoms with Crippen molar-refractivity contribution in [2.45, 2.75) is 11.4 Å². The highest BCUT2D eigenvalue weighted by molar-refractivity contribution is 7.99. The van der Waals surface area contributed by atoms with Crippen molar-refractivity contribution in [3.8, 4) is 0 Å². The number of hydrogen-bond acceptors (Lipinski definition) is 6. The summed E-state index contributed by atoms with van der Waals surface area (Å²) in [5, 5.41) is 2.98. The summed E-state index contributed by atoms with van der Waals surface area (Å²) in [6, 6.07) is 10.7. The Morgan fingerprint density at radius 2 is 1.90 bits per heavy atom. The van der Waals surface area contributed by atoms with Crippen LogP contribution in [0.5, 0.6) is 0 Å². The molecule has 2 aromatic carbocycles. The fraction of sp³-hybridized carbons (Fsp3) is 0.333. The van der Waals surface area contributed by atoms with Crippen LogP contribution in [-0.4, -0.2) is 54.8 Å². The molecule has 0 saturated carbocycles. The van der Waals surface area contributed by atoms with Crippen molar-refractivity contribution in [2.24, 2.45) is 0 Å². The van der Waals surface area contributed by atoms with Gasteiger partial charge >= 0.3 is 6.18 Å². The normalized spacial score (nSPS) is 15.4. The van der Waals surface area contributed by atoms with Gasteiger partial charge in [0.05, 0.1) is 22.7 Å². The maximum absolute atomic E-state index is 13.2. The van der Waals surface area contributed by atoms with Crippen LogP contribution in [-0.2, 0) is 11.0 Å². The Morgan fingerprint density at radius 3 is 2.61 bits per heavy atom. The second kappa shape index (κ2) is 8.80. The van der Waals surface area contributed by atoms with Crippen molar-refractivity contribution in [2.75, 3.05) is 49.2 Å². The number of alkyl halides is 3. The number of likely N-dealkylation sites (N-methyl/N-ethyl adjacent to an activating group) is 1. The highest BCUT2D eigenvalue weighted by atomic mass is 32.2. The van der Waals surface area contributed by atoms with Crippen molar-refractivity contribution in [1.82, 2.24) is 9.88 Å². The van der Waals surface area contributed by atoms with Crippen LogP contribution in [0.1, 0.15) is 5.56 Å². The summed E-state index contributed by atoms with van der Waals surface area (Å²) in [4.78, 5) is 21.0. The first-order valence-corrected chi connectivity index (χ1v) is 10.7. The number of hydrogen-bond donors (Lipinski definition) is 1. The molecule has 1 saturated heterocycles. The summed E-state index contributed by atoms with van der Waals surface area (Å²) in [5.74, 6) is -0.465. The predicted molar refractivity (Wildman–Crippen MR) is 115 cm³/mol. The standard InChI is InChI=1S/C21H21F3N4O2S/c1-27-8-10-28(11-9-27)17-7-6-14(21(22,23)24)12-16(17)25-19(29)13-31-20-26-15-4-2-3-5-18(15)30-20/h2-7,12H,8-11,13H2,1H3,(H,25,29). The van der Waals surface area contributed by atoms with Gasteiger partial charge in [0.25, 0.3) is 5.22 Å². The molecule has 1 amide bonds. The third-order valence-corrected chi connectivity index (χ3v) is 5.87. The van der Waals surface area contributed by atoms with E-state index in [4.69, 9.17) is 4.42 Å². The minimum atomic E-state index is -4.49. The predicted octanol–water partition coefficient (Wildman–Crippen LogP) is 4.33. The Morgan fingerprint density at radius 1 is 1.16 bits per heavy atom. The zero-order chi connectivity index (χ0) is 22.0. The Kier molecular flexibility index (Phi) is 6.10. The number of amides is 1. The molecule has 31 heavy (non-hydrogen) atoms. The summed E-state index contributed by atoms with van der Waals surface area (Å²) in [6.07, 6.45) is -4.49. The first-order chi connectivity index (χ1) is 14.8. The number of thioether (sulfide) groups is 1. The number of aromatic nitrogens is 1. The topological polar surface area (TPSA) is 61.6 Å². The SMILES string of the molecule is CN1CCN(c2ccc(C(F)(F)F)cc2NC(=O)CSc2nc3ccccc3o2)CC1. The molecule has 4 rings (SSSR count). The average Bonchev–Trinajstić information content (AvgIpc) is 3.15. The smallest absolute Gasteiger partial charge is 0.416 e. The van der Waals surface area contributed by atoms with Crippen LogP contribution in [0, 0.1) is 0 Å². The molecule has 1 aliphatic heterocycles. The van der Waals surface area contributed by atoms with Crippen molar-refractivity contribution in [3.05, 3.63) is 48.0 Å². The quantitative estimate of drug-likeness (QED) is 0.584. The molecule has 0 atom stereocenters. The molecule has 1 aliphatic rings. The van der Waals surface area contributed by atoms with E-state index in [0.717, 1.165) is 37.0 Å². The first-order valence-electron chi connectivity index (χ1n) is 9.72. The molecular weight excluding hydrogens is 429 g/mol. The molecule has 3 aromatic rings. The molecule has 1 N–H and O–H groups in total. The second-order valence-corrected chi connectivity index (χ2v) is 8.23. The number of halogens is 3. The lowest BCUT2D eigenvalue weighted by atomic mass is 10.1. The van der Waals surface area contributed by atoms with E-state index in [2.05, 4.69) is 15.2 Å². The number of nitrogens with one attached hydrogen (secondary N) is 1. The van der Waals surface area contributed by atoms with Gasteiger partial charge in [0, 0.05) is 26.2 Å². The maximum atomic E-state index is 13.2. The van der Waals surface area contributed by atoms with Gasteiger partial charge in [-0.2, -0.15) is 13.2 Å². The number of rotatable bonds is 5. The van der Waals surface area contributed by atoms with E-state index in [1.807, 2.05) is 24.1 Å². The fourth-order valence-corrected chi connectivity index (χ4v) is 4.00. The number of oxazole rings is 1. The minimum absolute atomic E-state index is 0.0365. The number of para-hydroxylation sites is 2. The van der Waals surface area contributed by atoms with Gasteiger partial charge in [0.15, 0.2) is 5.58 Å². The number of benzene rings is 2. The van der Waals surface area contributed by atoms with Crippen molar-refractivity contribution in [1.29, 1.82) is 0 Å². The van der Waals surface area contributed by atoms with Crippen LogP contribution < -0.4 is 10.2 Å². The van der Waals surface area contributed by atoms with Gasteiger partial charge in [0.2, 0.25) is 5.91 Å². The van der Waals surface area contributed by atoms with E-state index in [1.165, 1.54) is 6.07 Å². The van der Waals surface area contributed by atoms with Crippen LogP contribution in [0.15, 0.2) is 52.1 Å². The zero-order valence-corrected chi connectivity index (χ0v) is 17.6. The number of carbonyl (C=O) groups is 1. The fourth-order valence-electron chi connectivity index (χ4n) is 3.36. The molecule has 1 fully saturated rings. The highest BCUT2D eigenvalue weighted by Gasteiger charge is 2.32. The number of piperazine rings is 1. The third-order valence-electron chi connectivity index (χ3n) is 5.04. The number of nitrogens with zero attached hydrogens (tertiary/aromatic N) is 3. The highest BCUT2D eigenvalue weighted by Crippen LogP contribution is 2.36. The molecule has 2 heterocycles. The van der Waals surface area contributed by atoms with E-state index in [0.29, 0.717) is 35.1 Å². The van der Waals surface area contributed by atoms with Crippen LogP contribution in [0.3, 0.4) is 0 Å². The van der Waals surface area contributed by atoms with Crippen LogP contribution >= 0.6 is 11.8 Å². The van der Waals surface area contributed by atoms with Gasteiger partial charge in [0.1, 0.15) is 5.52 Å². The van der Waals surface area contributed by atoms with Gasteiger partial charge in [-0.05, 0) is 37.4 Å². The molecule has 0 spiro atoms. The molecule has 164 valence electrons. The van der Waals surface area contributed by atoms with E-state index < -0.39 is 17.6 Å². The third kappa shape index (κ3) is 5.13. The molecule has 0 radical (unpaired) electrons. The van der Waals surface area contributed by atoms with Gasteiger partial charge in [-0.3, -0.25) is 4.79 Å². The van der Waals surface area contributed by atoms with Crippen LogP contribution in [0.4, 0.5) is 24.5 Å². The second-order valence-electron chi connectivity index (χ2n) is 7.30. The molecule has 0 bridgehead atoms. The molecule has 10 heteroatoms. The number of anilines is 2.